The molecule has 3 nitrogen and oxygen atoms in total. The molecule has 0 amide bonds. The maximum Gasteiger partial charge on any atom is 0.197 e. The Labute approximate surface area is 88.8 Å². The van der Waals surface area contributed by atoms with Crippen molar-refractivity contribution < 1.29 is 18.6 Å². The van der Waals surface area contributed by atoms with Crippen molar-refractivity contribution >= 4 is 0 Å². The van der Waals surface area contributed by atoms with E-state index in [4.69, 9.17) is 14.2 Å². The van der Waals surface area contributed by atoms with E-state index >= 15 is 0 Å². The Kier molecular flexibility index (Phi) is 3.91. The van der Waals surface area contributed by atoms with E-state index in [-0.39, 0.29) is 19.3 Å². The molecule has 0 aromatic heterocycles. The summed E-state index contributed by atoms with van der Waals surface area (Å²) in [4.78, 5) is 0. The van der Waals surface area contributed by atoms with Crippen molar-refractivity contribution in [1.82, 2.24) is 0 Å². The minimum absolute atomic E-state index is 0. The first-order valence-electron chi connectivity index (χ1n) is 4.38. The number of methoxy groups -OCH3 is 1. The summed E-state index contributed by atoms with van der Waals surface area (Å²) < 4.78 is 28.9. The van der Waals surface area contributed by atoms with E-state index in [0.29, 0.717) is 19.0 Å². The average Bonchev–Trinajstić information content (AvgIpc) is 2.20. The second-order valence-corrected chi connectivity index (χ2v) is 3.07. The van der Waals surface area contributed by atoms with Gasteiger partial charge in [-0.1, -0.05) is 13.5 Å². The normalized spacial score (nSPS) is 18.1. The number of ether oxygens (including phenoxy) is 3. The van der Waals surface area contributed by atoms with Crippen molar-refractivity contribution in [3.63, 3.8) is 0 Å². The standard InChI is InChI=1S/C10H11FO3.CH4/c1-12-5-7-6-13-9-4-2-3-8(11)10(9)14-7;/h2-4,7H,5-6H2,1H3;1H4/t7-;/m1./s1. The molecule has 1 aromatic carbocycles. The van der Waals surface area contributed by atoms with Crippen LogP contribution in [-0.2, 0) is 4.74 Å². The van der Waals surface area contributed by atoms with Crippen LogP contribution in [0.1, 0.15) is 7.43 Å². The fourth-order valence-electron chi connectivity index (χ4n) is 1.37. The van der Waals surface area contributed by atoms with Crippen molar-refractivity contribution in [2.45, 2.75) is 13.5 Å². The van der Waals surface area contributed by atoms with Gasteiger partial charge in [-0.05, 0) is 12.1 Å². The van der Waals surface area contributed by atoms with Gasteiger partial charge < -0.3 is 14.2 Å². The largest absolute Gasteiger partial charge is 0.486 e. The van der Waals surface area contributed by atoms with Crippen LogP contribution in [0.5, 0.6) is 11.5 Å². The summed E-state index contributed by atoms with van der Waals surface area (Å²) in [6.45, 7) is 0.790. The van der Waals surface area contributed by atoms with Gasteiger partial charge in [0, 0.05) is 7.11 Å². The first-order valence-corrected chi connectivity index (χ1v) is 4.38. The highest BCUT2D eigenvalue weighted by Gasteiger charge is 2.23. The molecular weight excluding hydrogens is 199 g/mol. The lowest BCUT2D eigenvalue weighted by atomic mass is 10.2. The van der Waals surface area contributed by atoms with Crippen molar-refractivity contribution in [3.05, 3.63) is 24.0 Å². The summed E-state index contributed by atoms with van der Waals surface area (Å²) in [5.41, 5.74) is 0. The van der Waals surface area contributed by atoms with Gasteiger partial charge in [0.1, 0.15) is 6.61 Å². The van der Waals surface area contributed by atoms with Crippen LogP contribution in [-0.4, -0.2) is 26.4 Å². The molecule has 1 aliphatic rings. The van der Waals surface area contributed by atoms with Crippen LogP contribution in [0, 0.1) is 5.82 Å². The summed E-state index contributed by atoms with van der Waals surface area (Å²) in [6, 6.07) is 4.62. The number of rotatable bonds is 2. The van der Waals surface area contributed by atoms with E-state index in [0.717, 1.165) is 0 Å². The highest BCUT2D eigenvalue weighted by molar-refractivity contribution is 5.42. The first-order chi connectivity index (χ1) is 6.81. The number of hydrogen-bond donors (Lipinski definition) is 0. The molecule has 0 radical (unpaired) electrons. The number of halogens is 1. The van der Waals surface area contributed by atoms with Gasteiger partial charge in [-0.2, -0.15) is 0 Å². The molecule has 1 aliphatic heterocycles. The third-order valence-corrected chi connectivity index (χ3v) is 1.99. The molecular formula is C11H15FO3. The van der Waals surface area contributed by atoms with Crippen molar-refractivity contribution in [1.29, 1.82) is 0 Å². The Morgan fingerprint density at radius 3 is 3.07 bits per heavy atom. The summed E-state index contributed by atoms with van der Waals surface area (Å²) in [6.07, 6.45) is -0.232. The molecule has 84 valence electrons. The molecule has 0 saturated heterocycles. The smallest absolute Gasteiger partial charge is 0.197 e. The molecule has 0 bridgehead atoms. The molecule has 15 heavy (non-hydrogen) atoms. The maximum atomic E-state index is 13.2. The van der Waals surface area contributed by atoms with Crippen LogP contribution in [0.25, 0.3) is 0 Å². The van der Waals surface area contributed by atoms with Gasteiger partial charge >= 0.3 is 0 Å². The molecule has 1 atom stereocenters. The molecule has 0 N–H and O–H groups in total. The Morgan fingerprint density at radius 1 is 1.53 bits per heavy atom. The zero-order valence-electron chi connectivity index (χ0n) is 7.83. The topological polar surface area (TPSA) is 27.7 Å². The SMILES string of the molecule is C.COC[C@@H]1COc2cccc(F)c2O1. The Hall–Kier alpha value is -1.29. The van der Waals surface area contributed by atoms with Gasteiger partial charge in [0.05, 0.1) is 6.61 Å². The van der Waals surface area contributed by atoms with Crippen LogP contribution in [0.3, 0.4) is 0 Å². The quantitative estimate of drug-likeness (QED) is 0.755. The van der Waals surface area contributed by atoms with Gasteiger partial charge in [0.15, 0.2) is 23.4 Å². The summed E-state index contributed by atoms with van der Waals surface area (Å²) in [5.74, 6) is 0.237. The van der Waals surface area contributed by atoms with Crippen molar-refractivity contribution in [2.75, 3.05) is 20.3 Å². The van der Waals surface area contributed by atoms with Crippen molar-refractivity contribution in [3.8, 4) is 11.5 Å². The third kappa shape index (κ3) is 2.39. The summed E-state index contributed by atoms with van der Waals surface area (Å²) in [7, 11) is 1.57. The van der Waals surface area contributed by atoms with Gasteiger partial charge in [-0.3, -0.25) is 0 Å². The number of hydrogen-bond acceptors (Lipinski definition) is 3. The lowest BCUT2D eigenvalue weighted by Crippen LogP contribution is -2.33. The third-order valence-electron chi connectivity index (χ3n) is 1.99. The van der Waals surface area contributed by atoms with Crippen LogP contribution in [0.2, 0.25) is 0 Å². The van der Waals surface area contributed by atoms with Gasteiger partial charge in [-0.15, -0.1) is 0 Å². The van der Waals surface area contributed by atoms with E-state index < -0.39 is 5.82 Å². The predicted octanol–water partition coefficient (Wildman–Crippen LogP) is 2.25. The van der Waals surface area contributed by atoms with Crippen LogP contribution < -0.4 is 9.47 Å². The number of benzene rings is 1. The minimum Gasteiger partial charge on any atom is -0.486 e. The molecule has 0 spiro atoms. The van der Waals surface area contributed by atoms with E-state index in [9.17, 15) is 4.39 Å². The average molecular weight is 214 g/mol. The van der Waals surface area contributed by atoms with Gasteiger partial charge in [0.2, 0.25) is 0 Å². The summed E-state index contributed by atoms with van der Waals surface area (Å²) in [5, 5.41) is 0. The molecule has 0 aliphatic carbocycles. The number of para-hydroxylation sites is 1. The van der Waals surface area contributed by atoms with E-state index in [1.165, 1.54) is 6.07 Å². The molecule has 0 unspecified atom stereocenters. The molecule has 2 rings (SSSR count). The lowest BCUT2D eigenvalue weighted by molar-refractivity contribution is 0.0241. The number of fused-ring (bicyclic) bond motifs is 1. The molecule has 0 saturated carbocycles. The molecule has 1 aromatic rings. The monoisotopic (exact) mass is 214 g/mol. The van der Waals surface area contributed by atoms with Gasteiger partial charge in [0.25, 0.3) is 0 Å². The van der Waals surface area contributed by atoms with Crippen LogP contribution in [0.15, 0.2) is 18.2 Å². The second kappa shape index (κ2) is 4.98. The molecule has 1 heterocycles. The first kappa shape index (κ1) is 11.8. The fraction of sp³-hybridized carbons (Fsp3) is 0.455. The molecule has 0 fully saturated rings. The Bertz CT molecular complexity index is 328. The van der Waals surface area contributed by atoms with Crippen molar-refractivity contribution in [2.24, 2.45) is 0 Å². The predicted molar refractivity (Wildman–Crippen MR) is 54.9 cm³/mol. The Balaban J connectivity index is 0.00000112. The highest BCUT2D eigenvalue weighted by Crippen LogP contribution is 2.33. The molecule has 4 heteroatoms. The fourth-order valence-corrected chi connectivity index (χ4v) is 1.37. The highest BCUT2D eigenvalue weighted by atomic mass is 19.1. The Morgan fingerprint density at radius 2 is 2.33 bits per heavy atom. The van der Waals surface area contributed by atoms with E-state index in [1.807, 2.05) is 0 Å². The summed E-state index contributed by atoms with van der Waals surface area (Å²) >= 11 is 0. The minimum atomic E-state index is -0.400. The van der Waals surface area contributed by atoms with Gasteiger partial charge in [-0.25, -0.2) is 4.39 Å². The maximum absolute atomic E-state index is 13.2. The lowest BCUT2D eigenvalue weighted by Gasteiger charge is -2.25. The van der Waals surface area contributed by atoms with E-state index in [2.05, 4.69) is 0 Å². The zero-order valence-corrected chi connectivity index (χ0v) is 7.83. The van der Waals surface area contributed by atoms with Crippen LogP contribution >= 0.6 is 0 Å². The second-order valence-electron chi connectivity index (χ2n) is 3.07. The van der Waals surface area contributed by atoms with E-state index in [1.54, 1.807) is 19.2 Å². The zero-order chi connectivity index (χ0) is 9.97. The van der Waals surface area contributed by atoms with Crippen LogP contribution in [0.4, 0.5) is 4.39 Å².